The SMILES string of the molecule is CCOc1ccccc1N1CCN(C(=O)NCCNC(=O)c2ccc(Cl)cc2)CC1. The van der Waals surface area contributed by atoms with E-state index in [9.17, 15) is 9.59 Å². The van der Waals surface area contributed by atoms with Crippen molar-refractivity contribution in [2.75, 3.05) is 50.8 Å². The summed E-state index contributed by atoms with van der Waals surface area (Å²) in [7, 11) is 0. The van der Waals surface area contributed by atoms with Gasteiger partial charge in [0.05, 0.1) is 12.3 Å². The minimum atomic E-state index is -0.192. The number of halogens is 1. The molecule has 0 aliphatic carbocycles. The number of piperazine rings is 1. The molecule has 3 rings (SSSR count). The molecule has 8 heteroatoms. The first-order chi connectivity index (χ1) is 14.6. The Morgan fingerprint density at radius 2 is 1.63 bits per heavy atom. The van der Waals surface area contributed by atoms with Crippen molar-refractivity contribution in [1.82, 2.24) is 15.5 Å². The van der Waals surface area contributed by atoms with Crippen LogP contribution in [0.2, 0.25) is 5.02 Å². The maximum atomic E-state index is 12.4. The Balaban J connectivity index is 1.39. The number of urea groups is 1. The van der Waals surface area contributed by atoms with Crippen molar-refractivity contribution >= 4 is 29.2 Å². The molecular formula is C22H27ClN4O3. The van der Waals surface area contributed by atoms with Gasteiger partial charge in [0.25, 0.3) is 5.91 Å². The number of anilines is 1. The van der Waals surface area contributed by atoms with E-state index in [0.29, 0.717) is 43.4 Å². The van der Waals surface area contributed by atoms with Gasteiger partial charge in [0, 0.05) is 49.9 Å². The molecule has 30 heavy (non-hydrogen) atoms. The van der Waals surface area contributed by atoms with E-state index in [1.54, 1.807) is 29.2 Å². The summed E-state index contributed by atoms with van der Waals surface area (Å²) in [5.41, 5.74) is 1.60. The Labute approximate surface area is 181 Å². The summed E-state index contributed by atoms with van der Waals surface area (Å²) in [4.78, 5) is 28.5. The molecule has 2 aromatic rings. The lowest BCUT2D eigenvalue weighted by Crippen LogP contribution is -2.52. The van der Waals surface area contributed by atoms with Crippen molar-refractivity contribution in [3.05, 3.63) is 59.1 Å². The normalized spacial score (nSPS) is 13.7. The molecule has 2 N–H and O–H groups in total. The van der Waals surface area contributed by atoms with Crippen molar-refractivity contribution in [1.29, 1.82) is 0 Å². The van der Waals surface area contributed by atoms with Gasteiger partial charge in [-0.2, -0.15) is 0 Å². The second-order valence-corrected chi connectivity index (χ2v) is 7.31. The summed E-state index contributed by atoms with van der Waals surface area (Å²) in [5, 5.41) is 6.23. The summed E-state index contributed by atoms with van der Waals surface area (Å²) < 4.78 is 5.71. The van der Waals surface area contributed by atoms with E-state index < -0.39 is 0 Å². The van der Waals surface area contributed by atoms with Crippen LogP contribution in [0.3, 0.4) is 0 Å². The first kappa shape index (κ1) is 21.8. The van der Waals surface area contributed by atoms with E-state index in [1.807, 2.05) is 31.2 Å². The number of benzene rings is 2. The molecular weight excluding hydrogens is 404 g/mol. The minimum Gasteiger partial charge on any atom is -0.492 e. The smallest absolute Gasteiger partial charge is 0.317 e. The number of ether oxygens (including phenoxy) is 1. The Morgan fingerprint density at radius 1 is 0.967 bits per heavy atom. The van der Waals surface area contributed by atoms with Crippen LogP contribution in [-0.2, 0) is 0 Å². The Bertz CT molecular complexity index is 852. The average molecular weight is 431 g/mol. The maximum Gasteiger partial charge on any atom is 0.317 e. The molecule has 0 saturated carbocycles. The quantitative estimate of drug-likeness (QED) is 0.662. The highest BCUT2D eigenvalue weighted by atomic mass is 35.5. The molecule has 1 heterocycles. The van der Waals surface area contributed by atoms with Crippen LogP contribution >= 0.6 is 11.6 Å². The molecule has 0 aromatic heterocycles. The van der Waals surface area contributed by atoms with Gasteiger partial charge >= 0.3 is 6.03 Å². The number of nitrogens with zero attached hydrogens (tertiary/aromatic N) is 2. The van der Waals surface area contributed by atoms with Crippen LogP contribution in [0.4, 0.5) is 10.5 Å². The highest BCUT2D eigenvalue weighted by Crippen LogP contribution is 2.28. The number of amides is 3. The highest BCUT2D eigenvalue weighted by molar-refractivity contribution is 6.30. The van der Waals surface area contributed by atoms with Crippen molar-refractivity contribution in [3.8, 4) is 5.75 Å². The predicted molar refractivity (Wildman–Crippen MR) is 119 cm³/mol. The van der Waals surface area contributed by atoms with Crippen molar-refractivity contribution in [3.63, 3.8) is 0 Å². The van der Waals surface area contributed by atoms with Crippen molar-refractivity contribution in [2.45, 2.75) is 6.92 Å². The van der Waals surface area contributed by atoms with Crippen LogP contribution in [0, 0.1) is 0 Å². The molecule has 160 valence electrons. The lowest BCUT2D eigenvalue weighted by molar-refractivity contribution is 0.0953. The fourth-order valence-corrected chi connectivity index (χ4v) is 3.43. The molecule has 0 spiro atoms. The molecule has 1 aliphatic rings. The number of nitrogens with one attached hydrogen (secondary N) is 2. The van der Waals surface area contributed by atoms with Crippen LogP contribution in [-0.4, -0.2) is 62.7 Å². The standard InChI is InChI=1S/C22H27ClN4O3/c1-2-30-20-6-4-3-5-19(20)26-13-15-27(16-14-26)22(29)25-12-11-24-21(28)17-7-9-18(23)10-8-17/h3-10H,2,11-16H2,1H3,(H,24,28)(H,25,29). The topological polar surface area (TPSA) is 73.9 Å². The van der Waals surface area contributed by atoms with Gasteiger partial charge in [-0.3, -0.25) is 4.79 Å². The van der Waals surface area contributed by atoms with E-state index in [2.05, 4.69) is 15.5 Å². The zero-order valence-corrected chi connectivity index (χ0v) is 17.8. The molecule has 0 unspecified atom stereocenters. The van der Waals surface area contributed by atoms with Crippen LogP contribution in [0.5, 0.6) is 5.75 Å². The third-order valence-corrected chi connectivity index (χ3v) is 5.12. The molecule has 3 amide bonds. The summed E-state index contributed by atoms with van der Waals surface area (Å²) in [6.45, 7) is 6.05. The fraction of sp³-hybridized carbons (Fsp3) is 0.364. The van der Waals surface area contributed by atoms with Crippen LogP contribution in [0.15, 0.2) is 48.5 Å². The zero-order valence-electron chi connectivity index (χ0n) is 17.1. The van der Waals surface area contributed by atoms with Gasteiger partial charge in [-0.15, -0.1) is 0 Å². The predicted octanol–water partition coefficient (Wildman–Crippen LogP) is 3.00. The molecule has 0 bridgehead atoms. The Hall–Kier alpha value is -2.93. The van der Waals surface area contributed by atoms with E-state index in [4.69, 9.17) is 16.3 Å². The lowest BCUT2D eigenvalue weighted by Gasteiger charge is -2.36. The molecule has 2 aromatic carbocycles. The Kier molecular flexibility index (Phi) is 7.79. The summed E-state index contributed by atoms with van der Waals surface area (Å²) >= 11 is 5.82. The van der Waals surface area contributed by atoms with Gasteiger partial charge in [0.15, 0.2) is 0 Å². The number of para-hydroxylation sites is 2. The average Bonchev–Trinajstić information content (AvgIpc) is 2.77. The first-order valence-electron chi connectivity index (χ1n) is 10.1. The van der Waals surface area contributed by atoms with Crippen molar-refractivity contribution in [2.24, 2.45) is 0 Å². The second-order valence-electron chi connectivity index (χ2n) is 6.87. The summed E-state index contributed by atoms with van der Waals surface area (Å²) in [6.07, 6.45) is 0. The van der Waals surface area contributed by atoms with Crippen LogP contribution in [0.25, 0.3) is 0 Å². The second kappa shape index (κ2) is 10.7. The number of hydrogen-bond acceptors (Lipinski definition) is 4. The fourth-order valence-electron chi connectivity index (χ4n) is 3.31. The number of rotatable bonds is 7. The molecule has 0 radical (unpaired) electrons. The van der Waals surface area contributed by atoms with E-state index >= 15 is 0 Å². The molecule has 0 atom stereocenters. The molecule has 1 aliphatic heterocycles. The number of carbonyl (C=O) groups is 2. The molecule has 1 fully saturated rings. The van der Waals surface area contributed by atoms with Gasteiger partial charge in [-0.25, -0.2) is 4.79 Å². The van der Waals surface area contributed by atoms with Crippen LogP contribution in [0.1, 0.15) is 17.3 Å². The van der Waals surface area contributed by atoms with Gasteiger partial charge in [-0.05, 0) is 43.3 Å². The van der Waals surface area contributed by atoms with Crippen molar-refractivity contribution < 1.29 is 14.3 Å². The molecule has 7 nitrogen and oxygen atoms in total. The zero-order chi connectivity index (χ0) is 21.3. The maximum absolute atomic E-state index is 12.4. The Morgan fingerprint density at radius 3 is 2.33 bits per heavy atom. The third-order valence-electron chi connectivity index (χ3n) is 4.87. The lowest BCUT2D eigenvalue weighted by atomic mass is 10.2. The van der Waals surface area contributed by atoms with Gasteiger partial charge in [0.1, 0.15) is 5.75 Å². The van der Waals surface area contributed by atoms with Crippen LogP contribution < -0.4 is 20.3 Å². The van der Waals surface area contributed by atoms with E-state index in [-0.39, 0.29) is 11.9 Å². The third kappa shape index (κ3) is 5.79. The van der Waals surface area contributed by atoms with Gasteiger partial charge in [0.2, 0.25) is 0 Å². The van der Waals surface area contributed by atoms with Gasteiger partial charge < -0.3 is 25.2 Å². The molecule has 1 saturated heterocycles. The van der Waals surface area contributed by atoms with E-state index in [1.165, 1.54) is 0 Å². The highest BCUT2D eigenvalue weighted by Gasteiger charge is 2.22. The number of hydrogen-bond donors (Lipinski definition) is 2. The largest absolute Gasteiger partial charge is 0.492 e. The monoisotopic (exact) mass is 430 g/mol. The first-order valence-corrected chi connectivity index (χ1v) is 10.5. The summed E-state index contributed by atoms with van der Waals surface area (Å²) in [6, 6.07) is 14.5. The summed E-state index contributed by atoms with van der Waals surface area (Å²) in [5.74, 6) is 0.678. The van der Waals surface area contributed by atoms with Gasteiger partial charge in [-0.1, -0.05) is 23.7 Å². The van der Waals surface area contributed by atoms with E-state index in [0.717, 1.165) is 24.5 Å². The minimum absolute atomic E-state index is 0.117. The number of carbonyl (C=O) groups excluding carboxylic acids is 2.